The normalized spacial score (nSPS) is 11.6. The van der Waals surface area contributed by atoms with Crippen molar-refractivity contribution < 1.29 is 9.47 Å². The molecule has 3 heterocycles. The van der Waals surface area contributed by atoms with Crippen LogP contribution in [0, 0.1) is 6.92 Å². The van der Waals surface area contributed by atoms with Crippen LogP contribution in [0.5, 0.6) is 5.75 Å². The van der Waals surface area contributed by atoms with E-state index in [2.05, 4.69) is 0 Å². The molecule has 5 aromatic rings. The molecule has 0 radical (unpaired) electrons. The van der Waals surface area contributed by atoms with Gasteiger partial charge in [-0.1, -0.05) is 18.2 Å². The lowest BCUT2D eigenvalue weighted by molar-refractivity contribution is 0.141. The smallest absolute Gasteiger partial charge is 0.265 e. The molecule has 0 aliphatic heterocycles. The lowest BCUT2D eigenvalue weighted by Crippen LogP contribution is -2.21. The molecule has 5 rings (SSSR count). The topological polar surface area (TPSA) is 84.1 Å². The number of hydrogen-bond donors (Lipinski definition) is 0. The average Bonchev–Trinajstić information content (AvgIpc) is 3.15. The van der Waals surface area contributed by atoms with Gasteiger partial charge in [0.15, 0.2) is 11.3 Å². The molecule has 0 saturated heterocycles. The fourth-order valence-corrected chi connectivity index (χ4v) is 4.12. The van der Waals surface area contributed by atoms with E-state index in [9.17, 15) is 4.79 Å². The highest BCUT2D eigenvalue weighted by Gasteiger charge is 2.22. The van der Waals surface area contributed by atoms with E-state index in [1.807, 2.05) is 60.9 Å². The van der Waals surface area contributed by atoms with Crippen LogP contribution < -0.4 is 10.3 Å². The zero-order valence-corrected chi connectivity index (χ0v) is 18.9. The summed E-state index contributed by atoms with van der Waals surface area (Å²) in [5.41, 5.74) is 4.77. The Morgan fingerprint density at radius 1 is 1.03 bits per heavy atom. The molecule has 0 atom stereocenters. The Bertz CT molecular complexity index is 1540. The van der Waals surface area contributed by atoms with Crippen molar-refractivity contribution in [1.82, 2.24) is 24.1 Å². The molecule has 2 aromatic carbocycles. The van der Waals surface area contributed by atoms with Crippen LogP contribution in [0.15, 0.2) is 53.6 Å². The molecule has 0 N–H and O–H groups in total. The maximum absolute atomic E-state index is 13.6. The molecule has 0 aliphatic rings. The van der Waals surface area contributed by atoms with Gasteiger partial charge >= 0.3 is 0 Å². The number of fused-ring (bicyclic) bond motifs is 4. The van der Waals surface area contributed by atoms with Gasteiger partial charge in [0.25, 0.3) is 5.56 Å². The largest absolute Gasteiger partial charge is 0.495 e. The average molecular weight is 444 g/mol. The van der Waals surface area contributed by atoms with E-state index < -0.39 is 0 Å². The van der Waals surface area contributed by atoms with Gasteiger partial charge in [-0.2, -0.15) is 0 Å². The van der Waals surface area contributed by atoms with E-state index in [1.165, 1.54) is 0 Å². The monoisotopic (exact) mass is 443 g/mol. The van der Waals surface area contributed by atoms with Gasteiger partial charge in [-0.3, -0.25) is 13.9 Å². The molecule has 8 nitrogen and oxygen atoms in total. The van der Waals surface area contributed by atoms with Gasteiger partial charge in [0, 0.05) is 19.8 Å². The number of aryl methyl sites for hydroxylation is 2. The van der Waals surface area contributed by atoms with Crippen molar-refractivity contribution in [2.24, 2.45) is 0 Å². The highest BCUT2D eigenvalue weighted by Crippen LogP contribution is 2.33. The van der Waals surface area contributed by atoms with Crippen LogP contribution >= 0.6 is 0 Å². The van der Waals surface area contributed by atoms with Gasteiger partial charge in [0.05, 0.1) is 30.2 Å². The van der Waals surface area contributed by atoms with Gasteiger partial charge in [-0.25, -0.2) is 15.0 Å². The van der Waals surface area contributed by atoms with Crippen molar-refractivity contribution in [3.8, 4) is 11.4 Å². The molecule has 0 bridgehead atoms. The van der Waals surface area contributed by atoms with Crippen molar-refractivity contribution in [1.29, 1.82) is 0 Å². The predicted molar refractivity (Wildman–Crippen MR) is 128 cm³/mol. The summed E-state index contributed by atoms with van der Waals surface area (Å²) in [7, 11) is 1.63. The first-order chi connectivity index (χ1) is 16.1. The van der Waals surface area contributed by atoms with E-state index in [-0.39, 0.29) is 5.56 Å². The van der Waals surface area contributed by atoms with Gasteiger partial charge in [0.2, 0.25) is 0 Å². The number of benzene rings is 2. The number of aromatic nitrogens is 5. The van der Waals surface area contributed by atoms with E-state index in [1.54, 1.807) is 18.0 Å². The summed E-state index contributed by atoms with van der Waals surface area (Å²) in [4.78, 5) is 28.0. The summed E-state index contributed by atoms with van der Waals surface area (Å²) in [5, 5.41) is 0.450. The zero-order valence-electron chi connectivity index (χ0n) is 18.9. The standard InChI is InChI=1S/C25H25N5O3/c1-4-33-13-7-12-29-15-26-23-21(25(29)31)22-24(28-18-9-6-5-8-17(18)27-22)30(23)19-14-16(2)10-11-20(19)32-3/h5-6,8-11,14-15H,4,7,12-13H2,1-3H3. The third kappa shape index (κ3) is 3.62. The lowest BCUT2D eigenvalue weighted by atomic mass is 10.2. The summed E-state index contributed by atoms with van der Waals surface area (Å²) in [5.74, 6) is 0.664. The Kier molecular flexibility index (Phi) is 5.51. The molecule has 8 heteroatoms. The van der Waals surface area contributed by atoms with E-state index in [0.717, 1.165) is 28.7 Å². The second-order valence-electron chi connectivity index (χ2n) is 7.89. The van der Waals surface area contributed by atoms with E-state index in [4.69, 9.17) is 24.4 Å². The quantitative estimate of drug-likeness (QED) is 0.353. The van der Waals surface area contributed by atoms with Crippen LogP contribution in [0.1, 0.15) is 18.9 Å². The molecule has 33 heavy (non-hydrogen) atoms. The number of para-hydroxylation sites is 2. The van der Waals surface area contributed by atoms with Crippen LogP contribution in [-0.4, -0.2) is 44.4 Å². The third-order valence-corrected chi connectivity index (χ3v) is 5.70. The van der Waals surface area contributed by atoms with Gasteiger partial charge in [-0.15, -0.1) is 0 Å². The first-order valence-electron chi connectivity index (χ1n) is 11.0. The molecule has 0 fully saturated rings. The van der Waals surface area contributed by atoms with Crippen molar-refractivity contribution in [2.75, 3.05) is 20.3 Å². The first-order valence-corrected chi connectivity index (χ1v) is 11.0. The maximum Gasteiger partial charge on any atom is 0.265 e. The van der Waals surface area contributed by atoms with E-state index in [0.29, 0.717) is 47.7 Å². The fourth-order valence-electron chi connectivity index (χ4n) is 4.12. The molecule has 0 spiro atoms. The molecule has 0 aliphatic carbocycles. The molecule has 0 saturated carbocycles. The molecule has 3 aromatic heterocycles. The Labute approximate surface area is 190 Å². The summed E-state index contributed by atoms with van der Waals surface area (Å²) in [6, 6.07) is 13.5. The molecule has 168 valence electrons. The summed E-state index contributed by atoms with van der Waals surface area (Å²) in [6.45, 7) is 5.73. The number of ether oxygens (including phenoxy) is 2. The zero-order chi connectivity index (χ0) is 22.9. The molecule has 0 amide bonds. The molecule has 0 unspecified atom stereocenters. The number of methoxy groups -OCH3 is 1. The van der Waals surface area contributed by atoms with Crippen LogP contribution in [0.25, 0.3) is 38.9 Å². The van der Waals surface area contributed by atoms with Crippen LogP contribution in [0.3, 0.4) is 0 Å². The van der Waals surface area contributed by atoms with Gasteiger partial charge in [-0.05, 0) is 50.1 Å². The molecular formula is C25H25N5O3. The van der Waals surface area contributed by atoms with Crippen LogP contribution in [0.4, 0.5) is 0 Å². The lowest BCUT2D eigenvalue weighted by Gasteiger charge is -2.12. The predicted octanol–water partition coefficient (Wildman–Crippen LogP) is 4.03. The SMILES string of the molecule is CCOCCCn1cnc2c(c1=O)c1nc3ccccc3nc1n2-c1cc(C)ccc1OC. The summed E-state index contributed by atoms with van der Waals surface area (Å²) >= 11 is 0. The fraction of sp³-hybridized carbons (Fsp3) is 0.280. The van der Waals surface area contributed by atoms with Crippen LogP contribution in [-0.2, 0) is 11.3 Å². The maximum atomic E-state index is 13.6. The van der Waals surface area contributed by atoms with Crippen LogP contribution in [0.2, 0.25) is 0 Å². The van der Waals surface area contributed by atoms with Gasteiger partial charge < -0.3 is 9.47 Å². The molecular weight excluding hydrogens is 418 g/mol. The van der Waals surface area contributed by atoms with Gasteiger partial charge in [0.1, 0.15) is 16.7 Å². The van der Waals surface area contributed by atoms with E-state index >= 15 is 0 Å². The summed E-state index contributed by atoms with van der Waals surface area (Å²) < 4.78 is 14.6. The minimum Gasteiger partial charge on any atom is -0.495 e. The minimum atomic E-state index is -0.142. The Hall–Kier alpha value is -3.78. The Morgan fingerprint density at radius 3 is 2.58 bits per heavy atom. The first kappa shape index (κ1) is 21.1. The van der Waals surface area contributed by atoms with Crippen molar-refractivity contribution >= 4 is 33.2 Å². The Balaban J connectivity index is 1.84. The van der Waals surface area contributed by atoms with Crippen molar-refractivity contribution in [3.05, 3.63) is 64.7 Å². The third-order valence-electron chi connectivity index (χ3n) is 5.70. The second-order valence-corrected chi connectivity index (χ2v) is 7.89. The Morgan fingerprint density at radius 2 is 1.82 bits per heavy atom. The summed E-state index contributed by atoms with van der Waals surface area (Å²) in [6.07, 6.45) is 2.31. The minimum absolute atomic E-state index is 0.142. The number of rotatable bonds is 7. The number of nitrogens with zero attached hydrogens (tertiary/aromatic N) is 5. The van der Waals surface area contributed by atoms with Crippen molar-refractivity contribution in [3.63, 3.8) is 0 Å². The highest BCUT2D eigenvalue weighted by molar-refractivity contribution is 6.06. The van der Waals surface area contributed by atoms with Crippen molar-refractivity contribution in [2.45, 2.75) is 26.8 Å². The number of hydrogen-bond acceptors (Lipinski definition) is 6. The highest BCUT2D eigenvalue weighted by atomic mass is 16.5. The second kappa shape index (κ2) is 8.63.